The molecule has 8 nitrogen and oxygen atoms in total. The number of H-pyrrole nitrogens is 1. The topological polar surface area (TPSA) is 104 Å². The van der Waals surface area contributed by atoms with Crippen LogP contribution in [0.1, 0.15) is 5.76 Å². The molecule has 0 radical (unpaired) electrons. The fourth-order valence-corrected chi connectivity index (χ4v) is 3.01. The van der Waals surface area contributed by atoms with Gasteiger partial charge in [0.1, 0.15) is 28.6 Å². The molecule has 27 heavy (non-hydrogen) atoms. The number of nitrogens with one attached hydrogen (secondary N) is 1. The molecule has 1 N–H and O–H groups in total. The quantitative estimate of drug-likeness (QED) is 0.447. The van der Waals surface area contributed by atoms with Crippen LogP contribution in [0.2, 0.25) is 0 Å². The lowest BCUT2D eigenvalue weighted by Crippen LogP contribution is -2.22. The number of hydrogen-bond acceptors (Lipinski definition) is 5. The second-order valence-corrected chi connectivity index (χ2v) is 6.30. The smallest absolute Gasteiger partial charge is 0.264 e. The highest BCUT2D eigenvalue weighted by Gasteiger charge is 2.17. The van der Waals surface area contributed by atoms with E-state index in [2.05, 4.69) is 15.0 Å². The fourth-order valence-electron chi connectivity index (χ4n) is 3.01. The number of pyridine rings is 1. The van der Waals surface area contributed by atoms with Crippen molar-refractivity contribution in [1.29, 1.82) is 5.26 Å². The van der Waals surface area contributed by atoms with Gasteiger partial charge in [0, 0.05) is 38.8 Å². The van der Waals surface area contributed by atoms with Crippen molar-refractivity contribution in [2.75, 3.05) is 14.1 Å². The van der Waals surface area contributed by atoms with Gasteiger partial charge in [0.25, 0.3) is 5.91 Å². The highest BCUT2D eigenvalue weighted by molar-refractivity contribution is 6.02. The summed E-state index contributed by atoms with van der Waals surface area (Å²) in [5, 5.41) is 10.2. The van der Waals surface area contributed by atoms with Crippen molar-refractivity contribution in [3.63, 3.8) is 0 Å². The molecule has 134 valence electrons. The minimum atomic E-state index is -0.376. The van der Waals surface area contributed by atoms with Gasteiger partial charge in [0.05, 0.1) is 11.7 Å². The van der Waals surface area contributed by atoms with Gasteiger partial charge in [-0.2, -0.15) is 5.26 Å². The third kappa shape index (κ3) is 2.66. The maximum absolute atomic E-state index is 12.0. The molecule has 0 saturated heterocycles. The molecule has 8 heteroatoms. The van der Waals surface area contributed by atoms with Crippen molar-refractivity contribution < 1.29 is 9.21 Å². The zero-order chi connectivity index (χ0) is 19.1. The summed E-state index contributed by atoms with van der Waals surface area (Å²) in [5.74, 6) is 1.21. The van der Waals surface area contributed by atoms with E-state index in [-0.39, 0.29) is 11.5 Å². The Labute approximate surface area is 154 Å². The summed E-state index contributed by atoms with van der Waals surface area (Å²) in [4.78, 5) is 25.4. The number of carbonyl (C=O) groups excluding carboxylic acids is 1. The number of hydrogen-bond donors (Lipinski definition) is 1. The van der Waals surface area contributed by atoms with Crippen LogP contribution < -0.4 is 0 Å². The molecule has 1 amide bonds. The van der Waals surface area contributed by atoms with Gasteiger partial charge >= 0.3 is 0 Å². The van der Waals surface area contributed by atoms with E-state index in [9.17, 15) is 10.1 Å². The first-order chi connectivity index (χ1) is 13.0. The number of likely N-dealkylation sites (N-methyl/N-ethyl adjacent to an activating group) is 1. The first-order valence-corrected chi connectivity index (χ1v) is 8.21. The lowest BCUT2D eigenvalue weighted by Gasteiger charge is -2.07. The van der Waals surface area contributed by atoms with E-state index >= 15 is 0 Å². The van der Waals surface area contributed by atoms with Crippen molar-refractivity contribution in [3.8, 4) is 17.7 Å². The molecule has 0 spiro atoms. The Morgan fingerprint density at radius 1 is 1.37 bits per heavy atom. The Hall–Kier alpha value is -3.86. The van der Waals surface area contributed by atoms with E-state index in [0.717, 1.165) is 22.1 Å². The molecule has 4 aromatic rings. The highest BCUT2D eigenvalue weighted by Crippen LogP contribution is 2.29. The van der Waals surface area contributed by atoms with E-state index in [1.54, 1.807) is 32.4 Å². The lowest BCUT2D eigenvalue weighted by atomic mass is 10.2. The maximum Gasteiger partial charge on any atom is 0.264 e. The van der Waals surface area contributed by atoms with E-state index in [1.807, 2.05) is 29.9 Å². The molecular weight excluding hydrogens is 344 g/mol. The number of furan rings is 1. The predicted octanol–water partition coefficient (Wildman–Crippen LogP) is 2.70. The molecule has 0 aromatic carbocycles. The molecule has 0 bridgehead atoms. The number of fused-ring (bicyclic) bond motifs is 3. The number of aryl methyl sites for hydroxylation is 1. The average molecular weight is 360 g/mol. The normalized spacial score (nSPS) is 11.9. The number of nitriles is 1. The first kappa shape index (κ1) is 16.6. The third-order valence-electron chi connectivity index (χ3n) is 4.31. The molecule has 0 aliphatic rings. The van der Waals surface area contributed by atoms with Gasteiger partial charge in [-0.15, -0.1) is 0 Å². The summed E-state index contributed by atoms with van der Waals surface area (Å²) in [6.45, 7) is 0. The van der Waals surface area contributed by atoms with E-state index in [0.29, 0.717) is 17.3 Å². The molecule has 0 unspecified atom stereocenters. The molecule has 0 fully saturated rings. The van der Waals surface area contributed by atoms with E-state index in [1.165, 1.54) is 11.0 Å². The van der Waals surface area contributed by atoms with Gasteiger partial charge in [-0.05, 0) is 18.2 Å². The van der Waals surface area contributed by atoms with Crippen molar-refractivity contribution in [1.82, 2.24) is 24.4 Å². The SMILES string of the molecule is CN(C)C(=O)C(C#N)=Cc1ccc(-c2nc3cnc4[nH]ccc4c3n2C)o1. The Bertz CT molecular complexity index is 1250. The molecule has 0 aliphatic carbocycles. The molecule has 4 heterocycles. The molecule has 4 aromatic heterocycles. The molecule has 0 aliphatic heterocycles. The van der Waals surface area contributed by atoms with Gasteiger partial charge in [0.15, 0.2) is 11.6 Å². The molecular formula is C19H16N6O2. The second-order valence-electron chi connectivity index (χ2n) is 6.30. The largest absolute Gasteiger partial charge is 0.453 e. The predicted molar refractivity (Wildman–Crippen MR) is 100 cm³/mol. The average Bonchev–Trinajstić information content (AvgIpc) is 3.37. The second kappa shape index (κ2) is 6.14. The van der Waals surface area contributed by atoms with Gasteiger partial charge < -0.3 is 18.9 Å². The number of nitrogens with zero attached hydrogens (tertiary/aromatic N) is 5. The Balaban J connectivity index is 1.79. The van der Waals surface area contributed by atoms with Crippen LogP contribution in [0.15, 0.2) is 40.6 Å². The maximum atomic E-state index is 12.0. The highest BCUT2D eigenvalue weighted by atomic mass is 16.3. The summed E-state index contributed by atoms with van der Waals surface area (Å²) in [6.07, 6.45) is 4.98. The van der Waals surface area contributed by atoms with Gasteiger partial charge in [0.2, 0.25) is 0 Å². The summed E-state index contributed by atoms with van der Waals surface area (Å²) in [6, 6.07) is 7.34. The minimum Gasteiger partial charge on any atom is -0.453 e. The zero-order valence-electron chi connectivity index (χ0n) is 15.0. The number of aromatic nitrogens is 4. The molecule has 4 rings (SSSR count). The monoisotopic (exact) mass is 360 g/mol. The van der Waals surface area contributed by atoms with Crippen LogP contribution in [0.3, 0.4) is 0 Å². The van der Waals surface area contributed by atoms with E-state index in [4.69, 9.17) is 4.42 Å². The van der Waals surface area contributed by atoms with Crippen molar-refractivity contribution in [2.24, 2.45) is 7.05 Å². The Kier molecular flexibility index (Phi) is 3.78. The lowest BCUT2D eigenvalue weighted by molar-refractivity contribution is -0.124. The zero-order valence-corrected chi connectivity index (χ0v) is 15.0. The van der Waals surface area contributed by atoms with Gasteiger partial charge in [-0.1, -0.05) is 0 Å². The van der Waals surface area contributed by atoms with Crippen LogP contribution in [0.5, 0.6) is 0 Å². The van der Waals surface area contributed by atoms with Gasteiger partial charge in [-0.25, -0.2) is 9.97 Å². The van der Waals surface area contributed by atoms with Crippen LogP contribution in [-0.2, 0) is 11.8 Å². The van der Waals surface area contributed by atoms with Crippen LogP contribution in [0.4, 0.5) is 0 Å². The molecule has 0 saturated carbocycles. The summed E-state index contributed by atoms with van der Waals surface area (Å²) >= 11 is 0. The summed E-state index contributed by atoms with van der Waals surface area (Å²) in [7, 11) is 5.10. The van der Waals surface area contributed by atoms with E-state index < -0.39 is 0 Å². The number of imidazole rings is 1. The van der Waals surface area contributed by atoms with Crippen LogP contribution in [0, 0.1) is 11.3 Å². The summed E-state index contributed by atoms with van der Waals surface area (Å²) < 4.78 is 7.77. The number of aromatic amines is 1. The number of carbonyl (C=O) groups is 1. The van der Waals surface area contributed by atoms with Crippen molar-refractivity contribution in [3.05, 3.63) is 41.9 Å². The third-order valence-corrected chi connectivity index (χ3v) is 4.31. The van der Waals surface area contributed by atoms with Crippen LogP contribution in [0.25, 0.3) is 39.7 Å². The Morgan fingerprint density at radius 3 is 2.93 bits per heavy atom. The van der Waals surface area contributed by atoms with Crippen LogP contribution in [-0.4, -0.2) is 44.4 Å². The standard InChI is InChI=1S/C19H16N6O2/c1-24(2)19(26)11(9-20)8-12-4-5-15(27-12)18-23-14-10-22-17-13(6-7-21-17)16(14)25(18)3/h4-8,10H,1-3H3,(H,21,22). The van der Waals surface area contributed by atoms with Crippen molar-refractivity contribution >= 4 is 34.1 Å². The summed E-state index contributed by atoms with van der Waals surface area (Å²) in [5.41, 5.74) is 2.50. The van der Waals surface area contributed by atoms with Gasteiger partial charge in [-0.3, -0.25) is 4.79 Å². The Morgan fingerprint density at radius 2 is 2.19 bits per heavy atom. The van der Waals surface area contributed by atoms with Crippen molar-refractivity contribution in [2.45, 2.75) is 0 Å². The first-order valence-electron chi connectivity index (χ1n) is 8.21. The minimum absolute atomic E-state index is 0.00383. The number of amides is 1. The number of rotatable bonds is 3. The van der Waals surface area contributed by atoms with Crippen LogP contribution >= 0.6 is 0 Å². The fraction of sp³-hybridized carbons (Fsp3) is 0.158. The molecule has 0 atom stereocenters.